The molecular weight excluding hydrogens is 256 g/mol. The Balaban J connectivity index is 2.26. The molecule has 2 aromatic rings. The molecule has 2 rings (SSSR count). The Labute approximate surface area is 118 Å². The molecular formula is C15H20N2OS. The van der Waals surface area contributed by atoms with E-state index in [0.717, 1.165) is 23.5 Å². The zero-order chi connectivity index (χ0) is 14.0. The second-order valence-corrected chi connectivity index (χ2v) is 6.11. The summed E-state index contributed by atoms with van der Waals surface area (Å²) in [5.41, 5.74) is 2.94. The summed E-state index contributed by atoms with van der Waals surface area (Å²) in [6.07, 6.45) is 0. The Hall–Kier alpha value is -1.55. The summed E-state index contributed by atoms with van der Waals surface area (Å²) in [6.45, 7) is 8.85. The third kappa shape index (κ3) is 3.07. The summed E-state index contributed by atoms with van der Waals surface area (Å²) < 4.78 is 2.20. The summed E-state index contributed by atoms with van der Waals surface area (Å²) in [5, 5.41) is 5.03. The van der Waals surface area contributed by atoms with E-state index >= 15 is 0 Å². The highest BCUT2D eigenvalue weighted by Gasteiger charge is 2.16. The van der Waals surface area contributed by atoms with Gasteiger partial charge in [0.05, 0.1) is 12.1 Å². The smallest absolute Gasteiger partial charge is 0.253 e. The maximum absolute atomic E-state index is 12.1. The Morgan fingerprint density at radius 2 is 2.16 bits per heavy atom. The highest BCUT2D eigenvalue weighted by Crippen LogP contribution is 2.19. The molecule has 1 amide bonds. The zero-order valence-corrected chi connectivity index (χ0v) is 12.7. The quantitative estimate of drug-likeness (QED) is 0.913. The molecule has 0 unspecified atom stereocenters. The van der Waals surface area contributed by atoms with Crippen molar-refractivity contribution in [2.75, 3.05) is 0 Å². The molecule has 2 aromatic heterocycles. The normalized spacial score (nSPS) is 11.0. The highest BCUT2D eigenvalue weighted by atomic mass is 32.1. The predicted molar refractivity (Wildman–Crippen MR) is 79.9 cm³/mol. The van der Waals surface area contributed by atoms with E-state index in [0.29, 0.717) is 0 Å². The number of nitrogens with one attached hydrogen (secondary N) is 1. The summed E-state index contributed by atoms with van der Waals surface area (Å²) in [7, 11) is 0. The second-order valence-electron chi connectivity index (χ2n) is 5.08. The molecule has 0 saturated heterocycles. The van der Waals surface area contributed by atoms with Crippen LogP contribution in [0.1, 0.15) is 40.5 Å². The molecule has 0 fully saturated rings. The van der Waals surface area contributed by atoms with Gasteiger partial charge in [-0.1, -0.05) is 6.07 Å². The van der Waals surface area contributed by atoms with Crippen molar-refractivity contribution >= 4 is 17.2 Å². The molecule has 19 heavy (non-hydrogen) atoms. The molecule has 0 saturated carbocycles. The van der Waals surface area contributed by atoms with Gasteiger partial charge in [-0.15, -0.1) is 11.3 Å². The van der Waals surface area contributed by atoms with Gasteiger partial charge in [0.25, 0.3) is 5.91 Å². The molecule has 0 aliphatic heterocycles. The van der Waals surface area contributed by atoms with E-state index in [-0.39, 0.29) is 11.9 Å². The van der Waals surface area contributed by atoms with Crippen LogP contribution in [0.5, 0.6) is 0 Å². The molecule has 1 N–H and O–H groups in total. The van der Waals surface area contributed by atoms with Crippen LogP contribution in [0, 0.1) is 13.8 Å². The molecule has 4 heteroatoms. The van der Waals surface area contributed by atoms with Gasteiger partial charge in [-0.3, -0.25) is 4.79 Å². The number of carbonyl (C=O) groups is 1. The highest BCUT2D eigenvalue weighted by molar-refractivity contribution is 7.09. The van der Waals surface area contributed by atoms with Gasteiger partial charge in [0.1, 0.15) is 0 Å². The van der Waals surface area contributed by atoms with Gasteiger partial charge in [0.2, 0.25) is 0 Å². The van der Waals surface area contributed by atoms with Crippen LogP contribution in [0.25, 0.3) is 0 Å². The molecule has 0 spiro atoms. The van der Waals surface area contributed by atoms with Gasteiger partial charge in [-0.25, -0.2) is 0 Å². The molecule has 3 nitrogen and oxygen atoms in total. The van der Waals surface area contributed by atoms with Crippen molar-refractivity contribution in [3.05, 3.63) is 45.4 Å². The van der Waals surface area contributed by atoms with Crippen LogP contribution in [0.15, 0.2) is 23.6 Å². The third-order valence-electron chi connectivity index (χ3n) is 3.13. The second kappa shape index (κ2) is 5.61. The Bertz CT molecular complexity index is 567. The van der Waals surface area contributed by atoms with Gasteiger partial charge in [-0.2, -0.15) is 0 Å². The maximum atomic E-state index is 12.1. The monoisotopic (exact) mass is 276 g/mol. The summed E-state index contributed by atoms with van der Waals surface area (Å²) in [6, 6.07) is 6.31. The van der Waals surface area contributed by atoms with Crippen LogP contribution < -0.4 is 5.32 Å². The molecule has 0 aliphatic carbocycles. The van der Waals surface area contributed by atoms with E-state index in [1.165, 1.54) is 4.88 Å². The average molecular weight is 276 g/mol. The summed E-state index contributed by atoms with van der Waals surface area (Å²) >= 11 is 1.74. The largest absolute Gasteiger partial charge is 0.350 e. The summed E-state index contributed by atoms with van der Waals surface area (Å²) in [5.74, 6) is 0.0144. The number of rotatable bonds is 4. The van der Waals surface area contributed by atoms with Crippen LogP contribution in [-0.4, -0.2) is 16.5 Å². The Morgan fingerprint density at radius 1 is 1.42 bits per heavy atom. The molecule has 0 bridgehead atoms. The average Bonchev–Trinajstić information content (AvgIpc) is 2.91. The number of carbonyl (C=O) groups excluding carboxylic acids is 1. The number of hydrogen-bond acceptors (Lipinski definition) is 2. The van der Waals surface area contributed by atoms with E-state index in [1.54, 1.807) is 11.3 Å². The SMILES string of the molecule is Cc1cc(C(=O)NC(C)C)c(C)n1Cc1cccs1. The van der Waals surface area contributed by atoms with Crippen molar-refractivity contribution in [2.24, 2.45) is 0 Å². The van der Waals surface area contributed by atoms with Crippen molar-refractivity contribution in [3.63, 3.8) is 0 Å². The van der Waals surface area contributed by atoms with Crippen molar-refractivity contribution in [3.8, 4) is 0 Å². The lowest BCUT2D eigenvalue weighted by Gasteiger charge is -2.10. The molecule has 102 valence electrons. The van der Waals surface area contributed by atoms with Crippen molar-refractivity contribution in [2.45, 2.75) is 40.3 Å². The van der Waals surface area contributed by atoms with E-state index in [2.05, 4.69) is 27.4 Å². The predicted octanol–water partition coefficient (Wildman–Crippen LogP) is 3.35. The first-order valence-corrected chi connectivity index (χ1v) is 7.37. The zero-order valence-electron chi connectivity index (χ0n) is 11.9. The lowest BCUT2D eigenvalue weighted by Crippen LogP contribution is -2.30. The number of thiophene rings is 1. The fourth-order valence-corrected chi connectivity index (χ4v) is 2.87. The van der Waals surface area contributed by atoms with Gasteiger partial charge < -0.3 is 9.88 Å². The number of hydrogen-bond donors (Lipinski definition) is 1. The fourth-order valence-electron chi connectivity index (χ4n) is 2.17. The minimum atomic E-state index is 0.0144. The molecule has 0 aromatic carbocycles. The van der Waals surface area contributed by atoms with Gasteiger partial charge in [-0.05, 0) is 45.2 Å². The number of aromatic nitrogens is 1. The number of amides is 1. The lowest BCUT2D eigenvalue weighted by molar-refractivity contribution is 0.0942. The van der Waals surface area contributed by atoms with E-state index in [1.807, 2.05) is 33.8 Å². The van der Waals surface area contributed by atoms with Crippen molar-refractivity contribution < 1.29 is 4.79 Å². The third-order valence-corrected chi connectivity index (χ3v) is 3.99. The van der Waals surface area contributed by atoms with Crippen molar-refractivity contribution in [1.29, 1.82) is 0 Å². The Morgan fingerprint density at radius 3 is 2.74 bits per heavy atom. The molecule has 2 heterocycles. The van der Waals surface area contributed by atoms with Gasteiger partial charge >= 0.3 is 0 Å². The maximum Gasteiger partial charge on any atom is 0.253 e. The minimum Gasteiger partial charge on any atom is -0.350 e. The van der Waals surface area contributed by atoms with Crippen LogP contribution in [-0.2, 0) is 6.54 Å². The first-order chi connectivity index (χ1) is 8.99. The van der Waals surface area contributed by atoms with Crippen LogP contribution in [0.3, 0.4) is 0 Å². The minimum absolute atomic E-state index is 0.0144. The standard InChI is InChI=1S/C15H20N2OS/c1-10(2)16-15(18)14-8-11(3)17(12(14)4)9-13-6-5-7-19-13/h5-8,10H,9H2,1-4H3,(H,16,18). The summed E-state index contributed by atoms with van der Waals surface area (Å²) in [4.78, 5) is 13.4. The van der Waals surface area contributed by atoms with Crippen molar-refractivity contribution in [1.82, 2.24) is 9.88 Å². The van der Waals surface area contributed by atoms with Crippen LogP contribution >= 0.6 is 11.3 Å². The van der Waals surface area contributed by atoms with Gasteiger partial charge in [0, 0.05) is 22.3 Å². The van der Waals surface area contributed by atoms with E-state index in [4.69, 9.17) is 0 Å². The Kier molecular flexibility index (Phi) is 4.10. The first kappa shape index (κ1) is 13.9. The van der Waals surface area contributed by atoms with Crippen LogP contribution in [0.2, 0.25) is 0 Å². The topological polar surface area (TPSA) is 34.0 Å². The van der Waals surface area contributed by atoms with E-state index in [9.17, 15) is 4.79 Å². The number of aryl methyl sites for hydroxylation is 1. The molecule has 0 aliphatic rings. The van der Waals surface area contributed by atoms with E-state index < -0.39 is 0 Å². The molecule has 0 atom stereocenters. The lowest BCUT2D eigenvalue weighted by atomic mass is 10.2. The fraction of sp³-hybridized carbons (Fsp3) is 0.400. The van der Waals surface area contributed by atoms with Gasteiger partial charge in [0.15, 0.2) is 0 Å². The number of nitrogens with zero attached hydrogens (tertiary/aromatic N) is 1. The first-order valence-electron chi connectivity index (χ1n) is 6.49. The van der Waals surface area contributed by atoms with Crippen LogP contribution in [0.4, 0.5) is 0 Å². The molecule has 0 radical (unpaired) electrons.